The molecule has 1 atom stereocenters. The van der Waals surface area contributed by atoms with E-state index in [9.17, 15) is 0 Å². The SMILES string of the molecule is C=CCN1C(=S)NC(c2ccc(Cl)cc2)C(c2nc(-c3cccc(Cl)c3)no2)=C1C. The fraction of sp³-hybridized carbons (Fsp3) is 0.136. The maximum atomic E-state index is 6.11. The van der Waals surface area contributed by atoms with Crippen molar-refractivity contribution >= 4 is 46.1 Å². The predicted octanol–water partition coefficient (Wildman–Crippen LogP) is 5.89. The normalized spacial score (nSPS) is 16.6. The van der Waals surface area contributed by atoms with Gasteiger partial charge in [0.05, 0.1) is 11.6 Å². The molecule has 8 heteroatoms. The van der Waals surface area contributed by atoms with Crippen molar-refractivity contribution in [3.63, 3.8) is 0 Å². The van der Waals surface area contributed by atoms with E-state index in [2.05, 4.69) is 22.0 Å². The first-order valence-corrected chi connectivity index (χ1v) is 10.4. The highest BCUT2D eigenvalue weighted by Crippen LogP contribution is 2.37. The predicted molar refractivity (Wildman–Crippen MR) is 124 cm³/mol. The van der Waals surface area contributed by atoms with E-state index in [1.807, 2.05) is 48.2 Å². The fourth-order valence-electron chi connectivity index (χ4n) is 3.39. The van der Waals surface area contributed by atoms with Gasteiger partial charge in [-0.1, -0.05) is 58.7 Å². The van der Waals surface area contributed by atoms with Gasteiger partial charge in [0.1, 0.15) is 0 Å². The quantitative estimate of drug-likeness (QED) is 0.381. The molecule has 0 radical (unpaired) electrons. The van der Waals surface area contributed by atoms with Crippen molar-refractivity contribution in [3.05, 3.63) is 88.4 Å². The molecule has 5 nitrogen and oxygen atoms in total. The molecule has 2 heterocycles. The molecule has 3 aromatic rings. The number of nitrogens with one attached hydrogen (secondary N) is 1. The van der Waals surface area contributed by atoms with Crippen LogP contribution in [0.2, 0.25) is 10.0 Å². The van der Waals surface area contributed by atoms with Crippen molar-refractivity contribution < 1.29 is 4.52 Å². The van der Waals surface area contributed by atoms with Gasteiger partial charge in [-0.3, -0.25) is 0 Å². The monoisotopic (exact) mass is 456 g/mol. The molecule has 0 amide bonds. The van der Waals surface area contributed by atoms with Crippen molar-refractivity contribution in [2.24, 2.45) is 0 Å². The van der Waals surface area contributed by atoms with E-state index in [1.165, 1.54) is 0 Å². The van der Waals surface area contributed by atoms with Gasteiger partial charge in [0.15, 0.2) is 5.11 Å². The Labute approximate surface area is 190 Å². The Morgan fingerprint density at radius 2 is 1.97 bits per heavy atom. The first-order chi connectivity index (χ1) is 14.5. The summed E-state index contributed by atoms with van der Waals surface area (Å²) in [6.07, 6.45) is 1.79. The molecule has 2 aromatic carbocycles. The average Bonchev–Trinajstić information content (AvgIpc) is 3.21. The highest BCUT2D eigenvalue weighted by Gasteiger charge is 2.33. The third-order valence-electron chi connectivity index (χ3n) is 4.85. The van der Waals surface area contributed by atoms with Crippen LogP contribution in [-0.4, -0.2) is 26.7 Å². The minimum absolute atomic E-state index is 0.261. The average molecular weight is 457 g/mol. The van der Waals surface area contributed by atoms with Gasteiger partial charge in [-0.25, -0.2) is 0 Å². The summed E-state index contributed by atoms with van der Waals surface area (Å²) in [4.78, 5) is 6.60. The molecule has 1 aliphatic rings. The third-order valence-corrected chi connectivity index (χ3v) is 5.68. The Hall–Kier alpha value is -2.67. The molecule has 0 saturated carbocycles. The molecule has 1 N–H and O–H groups in total. The molecular weight excluding hydrogens is 439 g/mol. The van der Waals surface area contributed by atoms with Crippen molar-refractivity contribution in [3.8, 4) is 11.4 Å². The number of nitrogens with zero attached hydrogens (tertiary/aromatic N) is 3. The summed E-state index contributed by atoms with van der Waals surface area (Å²) in [6.45, 7) is 6.37. The Morgan fingerprint density at radius 3 is 2.67 bits per heavy atom. The summed E-state index contributed by atoms with van der Waals surface area (Å²) < 4.78 is 5.68. The van der Waals surface area contributed by atoms with Crippen LogP contribution in [0.1, 0.15) is 24.4 Å². The summed E-state index contributed by atoms with van der Waals surface area (Å²) in [6, 6.07) is 14.7. The number of allylic oxidation sites excluding steroid dienone is 1. The van der Waals surface area contributed by atoms with Crippen molar-refractivity contribution in [2.45, 2.75) is 13.0 Å². The molecule has 30 heavy (non-hydrogen) atoms. The van der Waals surface area contributed by atoms with Crippen LogP contribution in [0.15, 0.2) is 71.4 Å². The van der Waals surface area contributed by atoms with Gasteiger partial charge in [0, 0.05) is 27.9 Å². The lowest BCUT2D eigenvalue weighted by molar-refractivity contribution is 0.399. The van der Waals surface area contributed by atoms with Gasteiger partial charge in [0.25, 0.3) is 5.89 Å². The van der Waals surface area contributed by atoms with Crippen molar-refractivity contribution in [2.75, 3.05) is 6.54 Å². The van der Waals surface area contributed by atoms with Gasteiger partial charge in [0.2, 0.25) is 5.82 Å². The summed E-state index contributed by atoms with van der Waals surface area (Å²) in [7, 11) is 0. The van der Waals surface area contributed by atoms with Crippen LogP contribution in [0.25, 0.3) is 17.0 Å². The summed E-state index contributed by atoms with van der Waals surface area (Å²) >= 11 is 17.8. The van der Waals surface area contributed by atoms with Crippen LogP contribution >= 0.6 is 35.4 Å². The molecular formula is C22H18Cl2N4OS. The maximum Gasteiger partial charge on any atom is 0.258 e. The molecule has 0 aliphatic carbocycles. The van der Waals surface area contributed by atoms with Crippen LogP contribution in [0, 0.1) is 0 Å². The largest absolute Gasteiger partial charge is 0.351 e. The number of aromatic nitrogens is 2. The summed E-state index contributed by atoms with van der Waals surface area (Å²) in [5.41, 5.74) is 3.52. The zero-order valence-electron chi connectivity index (χ0n) is 16.1. The zero-order chi connectivity index (χ0) is 21.3. The number of hydrogen-bond donors (Lipinski definition) is 1. The Bertz CT molecular complexity index is 1140. The summed E-state index contributed by atoms with van der Waals surface area (Å²) in [5, 5.41) is 9.42. The van der Waals surface area contributed by atoms with Crippen LogP contribution in [-0.2, 0) is 0 Å². The van der Waals surface area contributed by atoms with Crippen molar-refractivity contribution in [1.82, 2.24) is 20.4 Å². The van der Waals surface area contributed by atoms with Gasteiger partial charge in [-0.2, -0.15) is 4.98 Å². The second-order valence-electron chi connectivity index (χ2n) is 6.77. The van der Waals surface area contributed by atoms with Crippen LogP contribution in [0.4, 0.5) is 0 Å². The molecule has 1 aliphatic heterocycles. The highest BCUT2D eigenvalue weighted by atomic mass is 35.5. The first kappa shape index (κ1) is 20.6. The Balaban J connectivity index is 1.82. The minimum Gasteiger partial charge on any atom is -0.351 e. The Kier molecular flexibility index (Phi) is 5.90. The molecule has 1 unspecified atom stereocenters. The topological polar surface area (TPSA) is 54.2 Å². The minimum atomic E-state index is -0.261. The lowest BCUT2D eigenvalue weighted by Gasteiger charge is -2.36. The van der Waals surface area contributed by atoms with Gasteiger partial charge < -0.3 is 14.7 Å². The van der Waals surface area contributed by atoms with Gasteiger partial charge in [-0.15, -0.1) is 6.58 Å². The van der Waals surface area contributed by atoms with E-state index in [0.717, 1.165) is 22.4 Å². The standard InChI is InChI=1S/C22H18Cl2N4OS/c1-3-11-28-13(2)18(19(25-22(28)30)14-7-9-16(23)10-8-14)21-26-20(27-29-21)15-5-4-6-17(24)12-15/h3-10,12,19H,1,11H2,2H3,(H,25,30). The van der Waals surface area contributed by atoms with Gasteiger partial charge >= 0.3 is 0 Å². The molecule has 152 valence electrons. The van der Waals surface area contributed by atoms with E-state index >= 15 is 0 Å². The Morgan fingerprint density at radius 1 is 1.20 bits per heavy atom. The molecule has 0 fully saturated rings. The number of thiocarbonyl (C=S) groups is 1. The highest BCUT2D eigenvalue weighted by molar-refractivity contribution is 7.80. The molecule has 1 aromatic heterocycles. The second kappa shape index (κ2) is 8.60. The molecule has 0 bridgehead atoms. The number of rotatable bonds is 5. The molecule has 0 saturated heterocycles. The number of benzene rings is 2. The third kappa shape index (κ3) is 3.99. The van der Waals surface area contributed by atoms with E-state index in [4.69, 9.17) is 39.9 Å². The van der Waals surface area contributed by atoms with Gasteiger partial charge in [-0.05, 0) is 49.0 Å². The maximum absolute atomic E-state index is 6.11. The lowest BCUT2D eigenvalue weighted by Crippen LogP contribution is -2.45. The van der Waals surface area contributed by atoms with E-state index in [0.29, 0.717) is 33.4 Å². The zero-order valence-corrected chi connectivity index (χ0v) is 18.4. The lowest BCUT2D eigenvalue weighted by atomic mass is 9.95. The van der Waals surface area contributed by atoms with E-state index in [1.54, 1.807) is 18.2 Å². The van der Waals surface area contributed by atoms with Crippen LogP contribution in [0.5, 0.6) is 0 Å². The van der Waals surface area contributed by atoms with Crippen molar-refractivity contribution in [1.29, 1.82) is 0 Å². The molecule has 4 rings (SSSR count). The van der Waals surface area contributed by atoms with E-state index in [-0.39, 0.29) is 6.04 Å². The van der Waals surface area contributed by atoms with Crippen LogP contribution < -0.4 is 5.32 Å². The molecule has 0 spiro atoms. The number of hydrogen-bond acceptors (Lipinski definition) is 4. The number of halogens is 2. The van der Waals surface area contributed by atoms with E-state index < -0.39 is 0 Å². The fourth-order valence-corrected chi connectivity index (χ4v) is 4.04. The smallest absolute Gasteiger partial charge is 0.258 e. The first-order valence-electron chi connectivity index (χ1n) is 9.23. The van der Waals surface area contributed by atoms with Crippen LogP contribution in [0.3, 0.4) is 0 Å². The summed E-state index contributed by atoms with van der Waals surface area (Å²) in [5.74, 6) is 0.873. The second-order valence-corrected chi connectivity index (χ2v) is 8.03.